The van der Waals surface area contributed by atoms with Crippen LogP contribution in [0, 0.1) is 14.8 Å². The van der Waals surface area contributed by atoms with Crippen LogP contribution in [-0.4, -0.2) is 62.4 Å². The predicted molar refractivity (Wildman–Crippen MR) is 190 cm³/mol. The fourth-order valence-electron chi connectivity index (χ4n) is 5.82. The molecule has 296 valence electrons. The zero-order valence-corrected chi connectivity index (χ0v) is 32.7. The lowest BCUT2D eigenvalue weighted by atomic mass is 9.90. The van der Waals surface area contributed by atoms with Gasteiger partial charge < -0.3 is 23.9 Å². The number of rotatable bonds is 7. The Labute approximate surface area is 320 Å². The molecule has 0 aliphatic carbocycles. The molecule has 0 bridgehead atoms. The topological polar surface area (TPSA) is 131 Å². The maximum Gasteiger partial charge on any atom is 0.430 e. The number of halogens is 8. The number of aliphatic hydroxyl groups is 1. The molecule has 1 fully saturated rings. The average molecular weight is 886 g/mol. The molecule has 4 rings (SSSR count). The van der Waals surface area contributed by atoms with Crippen LogP contribution < -0.4 is 9.80 Å². The quantitative estimate of drug-likeness (QED) is 0.139. The number of hydrogen-bond acceptors (Lipinski definition) is 10. The van der Waals surface area contributed by atoms with Gasteiger partial charge in [-0.05, 0) is 107 Å². The van der Waals surface area contributed by atoms with Crippen molar-refractivity contribution in [1.29, 1.82) is 0 Å². The summed E-state index contributed by atoms with van der Waals surface area (Å²) in [7, 11) is 0. The summed E-state index contributed by atoms with van der Waals surface area (Å²) in [4.78, 5) is 33.1. The zero-order chi connectivity index (χ0) is 41.0. The van der Waals surface area contributed by atoms with Crippen LogP contribution >= 0.6 is 22.6 Å². The van der Waals surface area contributed by atoms with Gasteiger partial charge in [-0.25, -0.2) is 19.0 Å². The maximum atomic E-state index is 15.1. The van der Waals surface area contributed by atoms with E-state index in [1.165, 1.54) is 52.5 Å². The molecule has 1 N–H and O–H groups in total. The number of nitrogens with zero attached hydrogens (tertiary/aromatic N) is 5. The lowest BCUT2D eigenvalue weighted by molar-refractivity contribution is -0.256. The van der Waals surface area contributed by atoms with Gasteiger partial charge in [0.25, 0.3) is 17.4 Å². The smallest absolute Gasteiger partial charge is 0.430 e. The van der Waals surface area contributed by atoms with Crippen molar-refractivity contribution in [2.24, 2.45) is 5.41 Å². The molecule has 2 amide bonds. The minimum Gasteiger partial charge on any atom is -0.443 e. The summed E-state index contributed by atoms with van der Waals surface area (Å²) >= 11 is 1.59. The van der Waals surface area contributed by atoms with Crippen LogP contribution in [0.15, 0.2) is 41.3 Å². The van der Waals surface area contributed by atoms with Crippen LogP contribution in [-0.2, 0) is 21.3 Å². The van der Waals surface area contributed by atoms with Gasteiger partial charge in [-0.2, -0.15) is 31.2 Å². The summed E-state index contributed by atoms with van der Waals surface area (Å²) in [6, 6.07) is 2.27. The van der Waals surface area contributed by atoms with E-state index >= 15 is 13.2 Å². The third-order valence-corrected chi connectivity index (χ3v) is 8.56. The van der Waals surface area contributed by atoms with Crippen molar-refractivity contribution in [2.45, 2.75) is 103 Å². The lowest BCUT2D eigenvalue weighted by Gasteiger charge is -2.32. The standard InChI is InChI=1S/C35H39F7IN5O6/c1-10-11-19-16-32(8,9)17-47(19)25-21(34(37,38)39)15-23(48(28(49)53-30(2,3)4)29(50)54-31(5,6)7)24(44-25)26-45-46-27(52-26)33(51,35(40,41)42)20-14-18(43)12-13-22(20)36/h10,12-15,19,51H,1,11,16-17H2,2-9H3. The van der Waals surface area contributed by atoms with E-state index in [4.69, 9.17) is 13.9 Å². The molecule has 54 heavy (non-hydrogen) atoms. The molecule has 0 spiro atoms. The predicted octanol–water partition coefficient (Wildman–Crippen LogP) is 9.55. The first-order valence-electron chi connectivity index (χ1n) is 16.3. The molecular formula is C35H39F7IN5O6. The van der Waals surface area contributed by atoms with Gasteiger partial charge in [0.1, 0.15) is 28.4 Å². The van der Waals surface area contributed by atoms with Crippen LogP contribution in [0.2, 0.25) is 0 Å². The van der Waals surface area contributed by atoms with Gasteiger partial charge in [-0.15, -0.1) is 16.8 Å². The van der Waals surface area contributed by atoms with E-state index < -0.39 is 98.7 Å². The Morgan fingerprint density at radius 1 is 1.02 bits per heavy atom. The Bertz CT molecular complexity index is 1890. The molecule has 3 aromatic rings. The van der Waals surface area contributed by atoms with E-state index in [9.17, 15) is 32.3 Å². The van der Waals surface area contributed by atoms with Crippen LogP contribution in [0.1, 0.15) is 85.2 Å². The third kappa shape index (κ3) is 9.09. The Morgan fingerprint density at radius 2 is 1.59 bits per heavy atom. The number of alkyl halides is 6. The van der Waals surface area contributed by atoms with Crippen LogP contribution in [0.3, 0.4) is 0 Å². The number of hydrogen-bond donors (Lipinski definition) is 1. The molecule has 1 saturated heterocycles. The number of carbonyl (C=O) groups excluding carboxylic acids is 2. The second-order valence-electron chi connectivity index (χ2n) is 15.4. The normalized spacial score (nSPS) is 17.6. The Morgan fingerprint density at radius 3 is 2.09 bits per heavy atom. The van der Waals surface area contributed by atoms with Crippen molar-refractivity contribution in [2.75, 3.05) is 16.3 Å². The summed E-state index contributed by atoms with van der Waals surface area (Å²) in [5, 5.41) is 18.1. The fourth-order valence-corrected chi connectivity index (χ4v) is 6.31. The van der Waals surface area contributed by atoms with Crippen molar-refractivity contribution in [1.82, 2.24) is 15.2 Å². The number of amides is 2. The maximum absolute atomic E-state index is 15.1. The molecule has 3 heterocycles. The number of pyridine rings is 1. The molecule has 2 unspecified atom stereocenters. The molecular weight excluding hydrogens is 846 g/mol. The van der Waals surface area contributed by atoms with Gasteiger partial charge in [0.05, 0.1) is 5.69 Å². The van der Waals surface area contributed by atoms with E-state index in [2.05, 4.69) is 21.8 Å². The van der Waals surface area contributed by atoms with E-state index in [0.29, 0.717) is 24.6 Å². The second kappa shape index (κ2) is 14.6. The largest absolute Gasteiger partial charge is 0.443 e. The molecule has 11 nitrogen and oxygen atoms in total. The second-order valence-corrected chi connectivity index (χ2v) is 16.7. The average Bonchev–Trinajstić information content (AvgIpc) is 3.59. The highest BCUT2D eigenvalue weighted by Gasteiger charge is 2.62. The first-order chi connectivity index (χ1) is 24.5. The van der Waals surface area contributed by atoms with Gasteiger partial charge in [0.2, 0.25) is 0 Å². The molecule has 2 atom stereocenters. The van der Waals surface area contributed by atoms with Crippen molar-refractivity contribution in [3.8, 4) is 11.6 Å². The molecule has 2 aromatic heterocycles. The van der Waals surface area contributed by atoms with Crippen molar-refractivity contribution in [3.63, 3.8) is 0 Å². The first kappa shape index (κ1) is 42.7. The molecule has 19 heteroatoms. The summed E-state index contributed by atoms with van der Waals surface area (Å²) in [5.41, 5.74) is -12.2. The van der Waals surface area contributed by atoms with Gasteiger partial charge in [-0.1, -0.05) is 19.9 Å². The van der Waals surface area contributed by atoms with E-state index in [0.717, 1.165) is 6.07 Å². The summed E-state index contributed by atoms with van der Waals surface area (Å²) < 4.78 is 121. The van der Waals surface area contributed by atoms with Gasteiger partial charge in [-0.3, -0.25) is 0 Å². The third-order valence-electron chi connectivity index (χ3n) is 7.88. The lowest BCUT2D eigenvalue weighted by Crippen LogP contribution is -2.44. The molecule has 1 aliphatic heterocycles. The van der Waals surface area contributed by atoms with E-state index in [-0.39, 0.29) is 21.4 Å². The van der Waals surface area contributed by atoms with Gasteiger partial charge in [0.15, 0.2) is 5.69 Å². The van der Waals surface area contributed by atoms with Crippen molar-refractivity contribution >= 4 is 46.3 Å². The fraction of sp³-hybridized carbons (Fsp3) is 0.514. The Hall–Kier alpha value is -4.01. The monoisotopic (exact) mass is 885 g/mol. The Kier molecular flexibility index (Phi) is 11.5. The summed E-state index contributed by atoms with van der Waals surface area (Å²) in [6.45, 7) is 15.8. The van der Waals surface area contributed by atoms with Crippen molar-refractivity contribution in [3.05, 3.63) is 63.3 Å². The van der Waals surface area contributed by atoms with E-state index in [1.807, 2.05) is 13.8 Å². The van der Waals surface area contributed by atoms with Crippen LogP contribution in [0.25, 0.3) is 11.6 Å². The van der Waals surface area contributed by atoms with Gasteiger partial charge in [0, 0.05) is 21.7 Å². The highest BCUT2D eigenvalue weighted by atomic mass is 127. The first-order valence-corrected chi connectivity index (χ1v) is 17.4. The summed E-state index contributed by atoms with van der Waals surface area (Å²) in [6.07, 6.45) is -11.9. The minimum absolute atomic E-state index is 0.0110. The van der Waals surface area contributed by atoms with E-state index in [1.54, 1.807) is 22.6 Å². The number of ether oxygens (including phenoxy) is 2. The van der Waals surface area contributed by atoms with Crippen LogP contribution in [0.4, 0.5) is 51.8 Å². The number of anilines is 2. The number of aromatic nitrogens is 3. The van der Waals surface area contributed by atoms with Gasteiger partial charge >= 0.3 is 24.5 Å². The van der Waals surface area contributed by atoms with Crippen LogP contribution in [0.5, 0.6) is 0 Å². The molecule has 0 radical (unpaired) electrons. The highest BCUT2D eigenvalue weighted by Crippen LogP contribution is 2.49. The molecule has 1 aromatic carbocycles. The number of benzene rings is 1. The Balaban J connectivity index is 2.14. The highest BCUT2D eigenvalue weighted by molar-refractivity contribution is 14.1. The SMILES string of the molecule is C=CCC1CC(C)(C)CN1c1nc(-c2nnc(C(O)(c3cc(I)ccc3F)C(F)(F)F)o2)c(N(C(=O)OC(C)(C)C)C(=O)OC(C)(C)C)cc1C(F)(F)F. The number of imide groups is 1. The zero-order valence-electron chi connectivity index (χ0n) is 30.5. The molecule has 0 saturated carbocycles. The number of carbonyl (C=O) groups is 2. The molecule has 1 aliphatic rings. The summed E-state index contributed by atoms with van der Waals surface area (Å²) in [5.74, 6) is -4.98. The van der Waals surface area contributed by atoms with Crippen molar-refractivity contribution < 1.29 is 59.3 Å². The minimum atomic E-state index is -5.71.